The summed E-state index contributed by atoms with van der Waals surface area (Å²) in [4.78, 5) is 2.41. The summed E-state index contributed by atoms with van der Waals surface area (Å²) in [6.07, 6.45) is 0.943. The lowest BCUT2D eigenvalue weighted by Crippen LogP contribution is -2.52. The molecule has 0 spiro atoms. The average molecular weight is 317 g/mol. The largest absolute Gasteiger partial charge is 0.374 e. The molecule has 1 aliphatic rings. The van der Waals surface area contributed by atoms with Gasteiger partial charge in [0.05, 0.1) is 12.7 Å². The lowest BCUT2D eigenvalue weighted by Gasteiger charge is -2.36. The minimum absolute atomic E-state index is 0.168. The summed E-state index contributed by atoms with van der Waals surface area (Å²) in [5, 5.41) is 4.80. The number of hydrogen-bond acceptors (Lipinski definition) is 3. The highest BCUT2D eigenvalue weighted by Crippen LogP contribution is 2.26. The second-order valence-electron chi connectivity index (χ2n) is 5.10. The molecule has 0 aliphatic carbocycles. The van der Waals surface area contributed by atoms with Crippen molar-refractivity contribution in [3.05, 3.63) is 33.8 Å². The highest BCUT2D eigenvalue weighted by Gasteiger charge is 2.27. The van der Waals surface area contributed by atoms with Gasteiger partial charge in [-0.15, -0.1) is 0 Å². The van der Waals surface area contributed by atoms with Crippen molar-refractivity contribution in [2.24, 2.45) is 0 Å². The van der Waals surface area contributed by atoms with Crippen LogP contribution in [0.3, 0.4) is 0 Å². The minimum atomic E-state index is 0.168. The average Bonchev–Trinajstić information content (AvgIpc) is 2.47. The van der Waals surface area contributed by atoms with Crippen LogP contribution in [-0.2, 0) is 11.2 Å². The monoisotopic (exact) mass is 316 g/mol. The van der Waals surface area contributed by atoms with E-state index in [-0.39, 0.29) is 12.1 Å². The van der Waals surface area contributed by atoms with Crippen LogP contribution in [0.2, 0.25) is 10.0 Å². The number of halogens is 2. The molecular formula is C15H22Cl2N2O. The second-order valence-corrected chi connectivity index (χ2v) is 5.92. The maximum Gasteiger partial charge on any atom is 0.0858 e. The van der Waals surface area contributed by atoms with Crippen LogP contribution in [0.4, 0.5) is 0 Å². The minimum Gasteiger partial charge on any atom is -0.374 e. The molecule has 1 fully saturated rings. The third-order valence-electron chi connectivity index (χ3n) is 3.93. The van der Waals surface area contributed by atoms with E-state index >= 15 is 0 Å². The summed E-state index contributed by atoms with van der Waals surface area (Å²) in [5.74, 6) is 0. The topological polar surface area (TPSA) is 24.5 Å². The summed E-state index contributed by atoms with van der Waals surface area (Å²) in [6.45, 7) is 5.98. The SMILES string of the molecule is CCN1CCOC(C(Cc2c(Cl)cccc2Cl)NC)C1. The summed E-state index contributed by atoms with van der Waals surface area (Å²) >= 11 is 12.5. The van der Waals surface area contributed by atoms with Crippen molar-refractivity contribution in [1.82, 2.24) is 10.2 Å². The van der Waals surface area contributed by atoms with Crippen molar-refractivity contribution in [3.63, 3.8) is 0 Å². The molecule has 0 radical (unpaired) electrons. The zero-order valence-corrected chi connectivity index (χ0v) is 13.5. The van der Waals surface area contributed by atoms with Gasteiger partial charge in [0, 0.05) is 29.2 Å². The Labute approximate surface area is 131 Å². The number of morpholine rings is 1. The third-order valence-corrected chi connectivity index (χ3v) is 4.64. The Balaban J connectivity index is 2.08. The Morgan fingerprint density at radius 2 is 2.10 bits per heavy atom. The number of ether oxygens (including phenoxy) is 1. The molecule has 1 N–H and O–H groups in total. The zero-order chi connectivity index (χ0) is 14.5. The summed E-state index contributed by atoms with van der Waals surface area (Å²) in [7, 11) is 1.96. The van der Waals surface area contributed by atoms with Crippen molar-refractivity contribution in [3.8, 4) is 0 Å². The van der Waals surface area contributed by atoms with Crippen LogP contribution in [0, 0.1) is 0 Å². The van der Waals surface area contributed by atoms with E-state index in [9.17, 15) is 0 Å². The van der Waals surface area contributed by atoms with Gasteiger partial charge >= 0.3 is 0 Å². The highest BCUT2D eigenvalue weighted by molar-refractivity contribution is 6.36. The summed E-state index contributed by atoms with van der Waals surface area (Å²) in [5.41, 5.74) is 0.993. The quantitative estimate of drug-likeness (QED) is 0.904. The molecule has 2 unspecified atom stereocenters. The fourth-order valence-corrected chi connectivity index (χ4v) is 3.18. The van der Waals surface area contributed by atoms with Crippen molar-refractivity contribution < 1.29 is 4.74 Å². The molecule has 1 aromatic carbocycles. The Kier molecular flexibility index (Phi) is 6.12. The Hall–Kier alpha value is -0.320. The maximum atomic E-state index is 6.26. The first kappa shape index (κ1) is 16.1. The Bertz CT molecular complexity index is 422. The number of hydrogen-bond donors (Lipinski definition) is 1. The first-order chi connectivity index (χ1) is 9.65. The normalized spacial score (nSPS) is 21.9. The predicted molar refractivity (Wildman–Crippen MR) is 84.9 cm³/mol. The fraction of sp³-hybridized carbons (Fsp3) is 0.600. The molecule has 1 heterocycles. The summed E-state index contributed by atoms with van der Waals surface area (Å²) in [6, 6.07) is 5.85. The smallest absolute Gasteiger partial charge is 0.0858 e. The van der Waals surface area contributed by atoms with E-state index < -0.39 is 0 Å². The van der Waals surface area contributed by atoms with Crippen molar-refractivity contribution in [1.29, 1.82) is 0 Å². The van der Waals surface area contributed by atoms with Crippen LogP contribution >= 0.6 is 23.2 Å². The molecule has 2 atom stereocenters. The van der Waals surface area contributed by atoms with E-state index in [0.717, 1.165) is 48.3 Å². The van der Waals surface area contributed by atoms with Crippen LogP contribution < -0.4 is 5.32 Å². The van der Waals surface area contributed by atoms with E-state index in [4.69, 9.17) is 27.9 Å². The van der Waals surface area contributed by atoms with Gasteiger partial charge in [0.25, 0.3) is 0 Å². The van der Waals surface area contributed by atoms with E-state index in [0.29, 0.717) is 0 Å². The van der Waals surface area contributed by atoms with Gasteiger partial charge in [-0.2, -0.15) is 0 Å². The van der Waals surface area contributed by atoms with Crippen LogP contribution in [0.15, 0.2) is 18.2 Å². The van der Waals surface area contributed by atoms with Crippen LogP contribution in [0.1, 0.15) is 12.5 Å². The molecule has 3 nitrogen and oxygen atoms in total. The van der Waals surface area contributed by atoms with Crippen LogP contribution in [0.25, 0.3) is 0 Å². The van der Waals surface area contributed by atoms with Gasteiger partial charge in [0.2, 0.25) is 0 Å². The highest BCUT2D eigenvalue weighted by atomic mass is 35.5. The molecule has 112 valence electrons. The zero-order valence-electron chi connectivity index (χ0n) is 12.0. The van der Waals surface area contributed by atoms with E-state index in [1.54, 1.807) is 0 Å². The van der Waals surface area contributed by atoms with Gasteiger partial charge in [-0.1, -0.05) is 36.2 Å². The van der Waals surface area contributed by atoms with E-state index in [1.807, 2.05) is 25.2 Å². The molecule has 1 saturated heterocycles. The standard InChI is InChI=1S/C15H22Cl2N2O/c1-3-19-7-8-20-15(10-19)14(18-2)9-11-12(16)5-4-6-13(11)17/h4-6,14-15,18H,3,7-10H2,1-2H3. The Morgan fingerprint density at radius 1 is 1.40 bits per heavy atom. The molecule has 2 rings (SSSR count). The van der Waals surface area contributed by atoms with Gasteiger partial charge < -0.3 is 10.1 Å². The van der Waals surface area contributed by atoms with E-state index in [2.05, 4.69) is 17.1 Å². The van der Waals surface area contributed by atoms with Crippen molar-refractivity contribution in [2.75, 3.05) is 33.3 Å². The molecule has 20 heavy (non-hydrogen) atoms. The molecular weight excluding hydrogens is 295 g/mol. The first-order valence-corrected chi connectivity index (χ1v) is 7.85. The van der Waals surface area contributed by atoms with E-state index in [1.165, 1.54) is 0 Å². The predicted octanol–water partition coefficient (Wildman–Crippen LogP) is 2.84. The second kappa shape index (κ2) is 7.62. The number of nitrogens with one attached hydrogen (secondary N) is 1. The number of nitrogens with zero attached hydrogens (tertiary/aromatic N) is 1. The molecule has 0 amide bonds. The maximum absolute atomic E-state index is 6.26. The number of likely N-dealkylation sites (N-methyl/N-ethyl adjacent to an activating group) is 2. The molecule has 0 saturated carbocycles. The molecule has 1 aliphatic heterocycles. The Morgan fingerprint density at radius 3 is 2.70 bits per heavy atom. The number of benzene rings is 1. The van der Waals surface area contributed by atoms with Crippen molar-refractivity contribution >= 4 is 23.2 Å². The lowest BCUT2D eigenvalue weighted by molar-refractivity contribution is -0.0436. The van der Waals surface area contributed by atoms with Gasteiger partial charge in [-0.25, -0.2) is 0 Å². The van der Waals surface area contributed by atoms with Gasteiger partial charge in [-0.3, -0.25) is 4.90 Å². The summed E-state index contributed by atoms with van der Waals surface area (Å²) < 4.78 is 5.92. The van der Waals surface area contributed by atoms with Gasteiger partial charge in [-0.05, 0) is 37.7 Å². The van der Waals surface area contributed by atoms with Crippen LogP contribution in [-0.4, -0.2) is 50.3 Å². The van der Waals surface area contributed by atoms with Gasteiger partial charge in [0.1, 0.15) is 0 Å². The molecule has 5 heteroatoms. The molecule has 1 aromatic rings. The lowest BCUT2D eigenvalue weighted by atomic mass is 10.00. The molecule has 0 bridgehead atoms. The molecule has 0 aromatic heterocycles. The number of rotatable bonds is 5. The van der Waals surface area contributed by atoms with Crippen LogP contribution in [0.5, 0.6) is 0 Å². The third kappa shape index (κ3) is 3.86. The van der Waals surface area contributed by atoms with Crippen molar-refractivity contribution in [2.45, 2.75) is 25.5 Å². The fourth-order valence-electron chi connectivity index (χ4n) is 2.63. The first-order valence-electron chi connectivity index (χ1n) is 7.09. The van der Waals surface area contributed by atoms with Gasteiger partial charge in [0.15, 0.2) is 0 Å².